The summed E-state index contributed by atoms with van der Waals surface area (Å²) in [5.41, 5.74) is 4.51. The van der Waals surface area contributed by atoms with Gasteiger partial charge in [0.1, 0.15) is 6.10 Å². The second kappa shape index (κ2) is 12.1. The van der Waals surface area contributed by atoms with E-state index in [9.17, 15) is 9.90 Å². The normalized spacial score (nSPS) is 33.9. The quantitative estimate of drug-likeness (QED) is 0.192. The maximum atomic E-state index is 12.7. The maximum Gasteiger partial charge on any atom is 0.331 e. The van der Waals surface area contributed by atoms with E-state index in [2.05, 4.69) is 65.8 Å². The van der Waals surface area contributed by atoms with Gasteiger partial charge in [-0.15, -0.1) is 0 Å². The van der Waals surface area contributed by atoms with E-state index in [4.69, 9.17) is 9.47 Å². The molecule has 5 rings (SSSR count). The highest BCUT2D eigenvalue weighted by molar-refractivity contribution is 5.87. The van der Waals surface area contributed by atoms with Crippen LogP contribution in [-0.4, -0.2) is 24.3 Å². The first-order chi connectivity index (χ1) is 20.0. The molecule has 0 radical (unpaired) electrons. The molecule has 3 fully saturated rings. The zero-order chi connectivity index (χ0) is 30.2. The van der Waals surface area contributed by atoms with Crippen LogP contribution in [0.25, 0.3) is 6.08 Å². The van der Waals surface area contributed by atoms with Gasteiger partial charge < -0.3 is 14.6 Å². The molecule has 1 aromatic rings. The molecule has 8 atom stereocenters. The second-order valence-corrected chi connectivity index (χ2v) is 14.5. The summed E-state index contributed by atoms with van der Waals surface area (Å²) in [6.07, 6.45) is 21.0. The Labute approximate surface area is 254 Å². The van der Waals surface area contributed by atoms with Gasteiger partial charge in [-0.1, -0.05) is 83.1 Å². The third-order valence-electron chi connectivity index (χ3n) is 11.9. The summed E-state index contributed by atoms with van der Waals surface area (Å²) in [5.74, 6) is 4.14. The molecule has 1 aromatic carbocycles. The zero-order valence-electron chi connectivity index (χ0n) is 26.9. The van der Waals surface area contributed by atoms with Crippen molar-refractivity contribution in [2.24, 2.45) is 46.3 Å². The Bertz CT molecular complexity index is 1280. The van der Waals surface area contributed by atoms with Crippen LogP contribution in [-0.2, 0) is 9.53 Å². The number of hydrogen-bond acceptors (Lipinski definition) is 4. The minimum absolute atomic E-state index is 0.0780. The number of benzene rings is 1. The number of rotatable bonds is 8. The van der Waals surface area contributed by atoms with Crippen LogP contribution in [0, 0.1) is 46.3 Å². The number of carbonyl (C=O) groups excluding carboxylic acids is 1. The van der Waals surface area contributed by atoms with Gasteiger partial charge in [0.2, 0.25) is 0 Å². The molecule has 0 saturated heterocycles. The van der Waals surface area contributed by atoms with E-state index in [1.165, 1.54) is 44.4 Å². The predicted molar refractivity (Wildman–Crippen MR) is 171 cm³/mol. The molecule has 0 aliphatic heterocycles. The third-order valence-corrected chi connectivity index (χ3v) is 11.9. The number of phenolic OH excluding ortho intramolecular Hbond substituents is 1. The molecule has 4 aliphatic rings. The summed E-state index contributed by atoms with van der Waals surface area (Å²) < 4.78 is 11.1. The molecule has 0 aromatic heterocycles. The van der Waals surface area contributed by atoms with Crippen molar-refractivity contribution >= 4 is 12.0 Å². The molecule has 228 valence electrons. The van der Waals surface area contributed by atoms with Gasteiger partial charge in [-0.25, -0.2) is 4.79 Å². The van der Waals surface area contributed by atoms with Crippen LogP contribution in [0.2, 0.25) is 0 Å². The number of phenols is 1. The van der Waals surface area contributed by atoms with Crippen molar-refractivity contribution in [3.8, 4) is 11.5 Å². The fourth-order valence-electron chi connectivity index (χ4n) is 8.85. The van der Waals surface area contributed by atoms with Crippen LogP contribution >= 0.6 is 0 Å². The molecule has 0 bridgehead atoms. The number of aromatic hydroxyl groups is 1. The SMILES string of the molecule is COc1cc(/C=C/C(=O)O[C@H]2CC[C@@]3(C)C(=CC=C4C3CC[C@@]3(C)C4CC[C@@H]3[C@H](C)/C=C/[C@H](C)C(C)C)C2)ccc1O. The highest BCUT2D eigenvalue weighted by atomic mass is 16.5. The Hall–Kier alpha value is -2.75. The summed E-state index contributed by atoms with van der Waals surface area (Å²) in [6.45, 7) is 14.5. The molecule has 4 aliphatic carbocycles. The first-order valence-corrected chi connectivity index (χ1v) is 16.3. The van der Waals surface area contributed by atoms with Crippen LogP contribution in [0.1, 0.15) is 92.1 Å². The number of methoxy groups -OCH3 is 1. The molecular formula is C38H52O4. The first kappa shape index (κ1) is 30.7. The minimum Gasteiger partial charge on any atom is -0.504 e. The van der Waals surface area contributed by atoms with Gasteiger partial charge in [-0.2, -0.15) is 0 Å². The van der Waals surface area contributed by atoms with Gasteiger partial charge in [0.05, 0.1) is 7.11 Å². The number of allylic oxidation sites excluding steroid dienone is 5. The average Bonchev–Trinajstić information content (AvgIpc) is 3.32. The first-order valence-electron chi connectivity index (χ1n) is 16.3. The Balaban J connectivity index is 1.25. The van der Waals surface area contributed by atoms with Crippen LogP contribution in [0.15, 0.2) is 59.7 Å². The molecule has 0 spiro atoms. The second-order valence-electron chi connectivity index (χ2n) is 14.5. The van der Waals surface area contributed by atoms with E-state index in [0.717, 1.165) is 30.7 Å². The molecule has 2 unspecified atom stereocenters. The lowest BCUT2D eigenvalue weighted by Gasteiger charge is -2.55. The Kier molecular flexibility index (Phi) is 8.84. The Morgan fingerprint density at radius 2 is 1.79 bits per heavy atom. The highest BCUT2D eigenvalue weighted by Gasteiger charge is 2.57. The number of fused-ring (bicyclic) bond motifs is 5. The van der Waals surface area contributed by atoms with Crippen molar-refractivity contribution in [3.63, 3.8) is 0 Å². The van der Waals surface area contributed by atoms with Crippen molar-refractivity contribution in [2.75, 3.05) is 7.11 Å². The minimum atomic E-state index is -0.320. The number of ether oxygens (including phenoxy) is 2. The van der Waals surface area contributed by atoms with Gasteiger partial charge in [-0.05, 0) is 109 Å². The predicted octanol–water partition coefficient (Wildman–Crippen LogP) is 9.31. The lowest BCUT2D eigenvalue weighted by molar-refractivity contribution is -0.144. The van der Waals surface area contributed by atoms with E-state index < -0.39 is 0 Å². The third kappa shape index (κ3) is 5.75. The summed E-state index contributed by atoms with van der Waals surface area (Å²) >= 11 is 0. The van der Waals surface area contributed by atoms with Crippen LogP contribution in [0.5, 0.6) is 11.5 Å². The van der Waals surface area contributed by atoms with Crippen LogP contribution in [0.3, 0.4) is 0 Å². The van der Waals surface area contributed by atoms with E-state index in [0.29, 0.717) is 40.8 Å². The van der Waals surface area contributed by atoms with Crippen LogP contribution in [0.4, 0.5) is 0 Å². The van der Waals surface area contributed by atoms with Crippen molar-refractivity contribution in [2.45, 2.75) is 92.6 Å². The molecule has 4 nitrogen and oxygen atoms in total. The van der Waals surface area contributed by atoms with Crippen molar-refractivity contribution < 1.29 is 19.4 Å². The summed E-state index contributed by atoms with van der Waals surface area (Å²) in [5, 5.41) is 9.81. The van der Waals surface area contributed by atoms with Crippen molar-refractivity contribution in [1.29, 1.82) is 0 Å². The number of carbonyl (C=O) groups is 1. The standard InChI is InChI=1S/C38H52O4/c1-24(2)25(3)8-9-26(4)31-14-15-32-30-13-12-28-23-29(18-20-37(28,5)33(30)19-21-38(31,32)6)42-36(40)17-11-27-10-16-34(39)35(22-27)41-7/h8-13,16-17,22,24-26,29,31-33,39H,14-15,18-21,23H2,1-7H3/b9-8+,17-11+/t25-,26+,29-,31+,32?,33?,37-,38+/m0/s1. The lowest BCUT2D eigenvalue weighted by Crippen LogP contribution is -2.46. The fraction of sp³-hybridized carbons (Fsp3) is 0.605. The molecule has 1 N–H and O–H groups in total. The summed E-state index contributed by atoms with van der Waals surface area (Å²) in [6, 6.07) is 5.01. The Morgan fingerprint density at radius 1 is 1.00 bits per heavy atom. The smallest absolute Gasteiger partial charge is 0.331 e. The molecular weight excluding hydrogens is 520 g/mol. The molecule has 4 heteroatoms. The summed E-state index contributed by atoms with van der Waals surface area (Å²) in [7, 11) is 1.51. The molecule has 0 heterocycles. The topological polar surface area (TPSA) is 55.8 Å². The Morgan fingerprint density at radius 3 is 2.52 bits per heavy atom. The fourth-order valence-corrected chi connectivity index (χ4v) is 8.85. The largest absolute Gasteiger partial charge is 0.504 e. The average molecular weight is 573 g/mol. The van der Waals surface area contributed by atoms with Crippen molar-refractivity contribution in [1.82, 2.24) is 0 Å². The van der Waals surface area contributed by atoms with E-state index >= 15 is 0 Å². The van der Waals surface area contributed by atoms with Gasteiger partial charge in [0, 0.05) is 12.5 Å². The molecule has 0 amide bonds. The molecule has 3 saturated carbocycles. The monoisotopic (exact) mass is 572 g/mol. The van der Waals surface area contributed by atoms with Gasteiger partial charge >= 0.3 is 5.97 Å². The maximum absolute atomic E-state index is 12.7. The van der Waals surface area contributed by atoms with Gasteiger partial charge in [0.25, 0.3) is 0 Å². The lowest BCUT2D eigenvalue weighted by atomic mass is 9.50. The van der Waals surface area contributed by atoms with E-state index in [1.54, 1.807) is 29.8 Å². The summed E-state index contributed by atoms with van der Waals surface area (Å²) in [4.78, 5) is 12.7. The van der Waals surface area contributed by atoms with Crippen LogP contribution < -0.4 is 4.74 Å². The zero-order valence-corrected chi connectivity index (χ0v) is 26.9. The van der Waals surface area contributed by atoms with Crippen molar-refractivity contribution in [3.05, 3.63) is 65.3 Å². The van der Waals surface area contributed by atoms with E-state index in [-0.39, 0.29) is 23.2 Å². The van der Waals surface area contributed by atoms with Gasteiger partial charge in [0.15, 0.2) is 11.5 Å². The number of hydrogen-bond donors (Lipinski definition) is 1. The van der Waals surface area contributed by atoms with Gasteiger partial charge in [-0.3, -0.25) is 0 Å². The number of esters is 1. The van der Waals surface area contributed by atoms with E-state index in [1.807, 2.05) is 0 Å². The molecule has 42 heavy (non-hydrogen) atoms. The highest BCUT2D eigenvalue weighted by Crippen LogP contribution is 2.66.